The third-order valence-corrected chi connectivity index (χ3v) is 6.69. The van der Waals surface area contributed by atoms with E-state index in [1.54, 1.807) is 28.7 Å². The Bertz CT molecular complexity index is 1120. The second-order valence-electron chi connectivity index (χ2n) is 6.36. The zero-order valence-electron chi connectivity index (χ0n) is 15.1. The molecule has 0 bridgehead atoms. The number of nitrogens with zero attached hydrogens (tertiary/aromatic N) is 1. The quantitative estimate of drug-likeness (QED) is 0.369. The number of hydrogen-bond donors (Lipinski definition) is 2. The maximum Gasteiger partial charge on any atom is 0.289 e. The molecule has 4 rings (SSSR count). The molecule has 0 aliphatic heterocycles. The molecule has 1 amide bonds. The Hall–Kier alpha value is -2.90. The summed E-state index contributed by atoms with van der Waals surface area (Å²) in [6.45, 7) is 1.94. The van der Waals surface area contributed by atoms with Crippen LogP contribution in [0.15, 0.2) is 53.4 Å². The Balaban J connectivity index is 2.13. The smallest absolute Gasteiger partial charge is 0.289 e. The van der Waals surface area contributed by atoms with E-state index in [-0.39, 0.29) is 17.2 Å². The van der Waals surface area contributed by atoms with Gasteiger partial charge in [0.05, 0.1) is 17.0 Å². The number of pyridine rings is 1. The SMILES string of the molecule is CCc1c(C(=O)C(N)=O)c2c(O)cccn2c1C(c1cccs1)c1cccs1. The number of primary amides is 1. The summed E-state index contributed by atoms with van der Waals surface area (Å²) in [4.78, 5) is 26.7. The summed E-state index contributed by atoms with van der Waals surface area (Å²) < 4.78 is 1.83. The average Bonchev–Trinajstić information content (AvgIpc) is 3.43. The lowest BCUT2D eigenvalue weighted by Crippen LogP contribution is -2.24. The van der Waals surface area contributed by atoms with E-state index >= 15 is 0 Å². The number of Topliss-reactive ketones (excluding diaryl/α,β-unsaturated/α-hetero) is 1. The minimum atomic E-state index is -1.03. The molecular formula is C21H18N2O3S2. The maximum atomic E-state index is 12.7. The van der Waals surface area contributed by atoms with Crippen molar-refractivity contribution in [2.24, 2.45) is 5.73 Å². The van der Waals surface area contributed by atoms with E-state index in [1.807, 2.05) is 40.4 Å². The van der Waals surface area contributed by atoms with Crippen LogP contribution < -0.4 is 5.73 Å². The molecule has 0 aliphatic carbocycles. The van der Waals surface area contributed by atoms with Crippen LogP contribution in [0.2, 0.25) is 0 Å². The highest BCUT2D eigenvalue weighted by Gasteiger charge is 2.32. The summed E-state index contributed by atoms with van der Waals surface area (Å²) in [7, 11) is 0. The van der Waals surface area contributed by atoms with E-state index in [1.165, 1.54) is 6.07 Å². The first-order chi connectivity index (χ1) is 13.5. The molecule has 5 nitrogen and oxygen atoms in total. The van der Waals surface area contributed by atoms with Gasteiger partial charge in [0.25, 0.3) is 11.7 Å². The Kier molecular flexibility index (Phi) is 4.78. The molecule has 0 spiro atoms. The topological polar surface area (TPSA) is 84.8 Å². The van der Waals surface area contributed by atoms with Gasteiger partial charge in [0.15, 0.2) is 0 Å². The van der Waals surface area contributed by atoms with Crippen LogP contribution in [-0.2, 0) is 11.2 Å². The van der Waals surface area contributed by atoms with Crippen molar-refractivity contribution in [3.63, 3.8) is 0 Å². The van der Waals surface area contributed by atoms with Crippen molar-refractivity contribution < 1.29 is 14.7 Å². The van der Waals surface area contributed by atoms with Crippen LogP contribution >= 0.6 is 22.7 Å². The zero-order valence-corrected chi connectivity index (χ0v) is 16.7. The predicted molar refractivity (Wildman–Crippen MR) is 112 cm³/mol. The monoisotopic (exact) mass is 410 g/mol. The highest BCUT2D eigenvalue weighted by Crippen LogP contribution is 2.42. The third-order valence-electron chi connectivity index (χ3n) is 4.81. The first kappa shape index (κ1) is 18.5. The molecule has 0 aromatic carbocycles. The Morgan fingerprint density at radius 1 is 1.11 bits per heavy atom. The molecule has 0 unspecified atom stereocenters. The normalized spacial score (nSPS) is 11.4. The minimum absolute atomic E-state index is 0.0517. The highest BCUT2D eigenvalue weighted by atomic mass is 32.1. The molecule has 4 aromatic heterocycles. The number of rotatable bonds is 6. The number of aromatic hydroxyl groups is 1. The van der Waals surface area contributed by atoms with Crippen molar-refractivity contribution >= 4 is 39.9 Å². The van der Waals surface area contributed by atoms with Crippen molar-refractivity contribution in [1.29, 1.82) is 0 Å². The Morgan fingerprint density at radius 3 is 2.25 bits per heavy atom. The van der Waals surface area contributed by atoms with Gasteiger partial charge in [-0.3, -0.25) is 9.59 Å². The third kappa shape index (κ3) is 2.83. The van der Waals surface area contributed by atoms with Crippen LogP contribution in [0, 0.1) is 0 Å². The molecular weight excluding hydrogens is 392 g/mol. The van der Waals surface area contributed by atoms with Gasteiger partial charge in [-0.15, -0.1) is 22.7 Å². The van der Waals surface area contributed by atoms with Gasteiger partial charge < -0.3 is 15.2 Å². The van der Waals surface area contributed by atoms with E-state index in [0.717, 1.165) is 21.0 Å². The summed E-state index contributed by atoms with van der Waals surface area (Å²) in [5, 5.41) is 14.6. The number of amides is 1. The highest BCUT2D eigenvalue weighted by molar-refractivity contribution is 7.11. The number of hydrogen-bond acceptors (Lipinski definition) is 5. The molecule has 0 saturated heterocycles. The summed E-state index contributed by atoms with van der Waals surface area (Å²) in [5.41, 5.74) is 7.47. The molecule has 4 aromatic rings. The number of ketones is 1. The molecule has 3 N–H and O–H groups in total. The second-order valence-corrected chi connectivity index (χ2v) is 8.32. The largest absolute Gasteiger partial charge is 0.506 e. The first-order valence-electron chi connectivity index (χ1n) is 8.80. The summed E-state index contributed by atoms with van der Waals surface area (Å²) in [6, 6.07) is 11.4. The van der Waals surface area contributed by atoms with Gasteiger partial charge in [0, 0.05) is 21.6 Å². The Labute approximate surface area is 169 Å². The van der Waals surface area contributed by atoms with E-state index < -0.39 is 11.7 Å². The van der Waals surface area contributed by atoms with E-state index in [4.69, 9.17) is 5.73 Å². The van der Waals surface area contributed by atoms with Crippen LogP contribution in [0.25, 0.3) is 5.52 Å². The van der Waals surface area contributed by atoms with E-state index in [2.05, 4.69) is 12.1 Å². The van der Waals surface area contributed by atoms with Crippen molar-refractivity contribution in [2.45, 2.75) is 19.3 Å². The van der Waals surface area contributed by atoms with E-state index in [9.17, 15) is 14.7 Å². The molecule has 0 aliphatic rings. The maximum absolute atomic E-state index is 12.7. The van der Waals surface area contributed by atoms with Crippen LogP contribution in [0.5, 0.6) is 5.75 Å². The first-order valence-corrected chi connectivity index (χ1v) is 10.6. The summed E-state index contributed by atoms with van der Waals surface area (Å²) >= 11 is 3.27. The molecule has 4 heterocycles. The fraction of sp³-hybridized carbons (Fsp3) is 0.143. The lowest BCUT2D eigenvalue weighted by atomic mass is 9.93. The number of carbonyl (C=O) groups is 2. The van der Waals surface area contributed by atoms with Gasteiger partial charge >= 0.3 is 0 Å². The van der Waals surface area contributed by atoms with Gasteiger partial charge in [-0.05, 0) is 47.0 Å². The summed E-state index contributed by atoms with van der Waals surface area (Å²) in [5.74, 6) is -1.97. The number of carbonyl (C=O) groups excluding carboxylic acids is 2. The van der Waals surface area contributed by atoms with Crippen LogP contribution in [-0.4, -0.2) is 21.2 Å². The van der Waals surface area contributed by atoms with Crippen molar-refractivity contribution in [1.82, 2.24) is 4.40 Å². The average molecular weight is 411 g/mol. The van der Waals surface area contributed by atoms with Crippen molar-refractivity contribution in [2.75, 3.05) is 0 Å². The fourth-order valence-electron chi connectivity index (χ4n) is 3.72. The summed E-state index contributed by atoms with van der Waals surface area (Å²) in [6.07, 6.45) is 2.34. The van der Waals surface area contributed by atoms with Gasteiger partial charge in [-0.25, -0.2) is 0 Å². The van der Waals surface area contributed by atoms with Crippen LogP contribution in [0.1, 0.15) is 44.2 Å². The second kappa shape index (κ2) is 7.26. The molecule has 142 valence electrons. The predicted octanol–water partition coefficient (Wildman–Crippen LogP) is 4.18. The standard InChI is InChI=1S/C21H18N2O3S2/c1-2-12-16(20(25)21(22)26)19-13(24)6-3-9-23(19)18(12)17(14-7-4-10-27-14)15-8-5-11-28-15/h3-11,17,24H,2H2,1H3,(H2,22,26). The number of thiophene rings is 2. The Morgan fingerprint density at radius 2 is 1.75 bits per heavy atom. The number of aromatic nitrogens is 1. The molecule has 0 saturated carbocycles. The lowest BCUT2D eigenvalue weighted by molar-refractivity contribution is -0.114. The molecule has 0 fully saturated rings. The zero-order chi connectivity index (χ0) is 19.8. The van der Waals surface area contributed by atoms with E-state index in [0.29, 0.717) is 11.9 Å². The van der Waals surface area contributed by atoms with Crippen molar-refractivity contribution in [3.8, 4) is 5.75 Å². The van der Waals surface area contributed by atoms with Gasteiger partial charge in [0.1, 0.15) is 5.75 Å². The van der Waals surface area contributed by atoms with Gasteiger partial charge in [0.2, 0.25) is 0 Å². The lowest BCUT2D eigenvalue weighted by Gasteiger charge is -2.17. The molecule has 7 heteroatoms. The minimum Gasteiger partial charge on any atom is -0.506 e. The van der Waals surface area contributed by atoms with Gasteiger partial charge in [-0.2, -0.15) is 0 Å². The van der Waals surface area contributed by atoms with Crippen molar-refractivity contribution in [3.05, 3.63) is 79.9 Å². The molecule has 28 heavy (non-hydrogen) atoms. The number of fused-ring (bicyclic) bond motifs is 1. The van der Waals surface area contributed by atoms with Gasteiger partial charge in [-0.1, -0.05) is 19.1 Å². The van der Waals surface area contributed by atoms with Crippen LogP contribution in [0.4, 0.5) is 0 Å². The molecule has 0 atom stereocenters. The van der Waals surface area contributed by atoms with Crippen LogP contribution in [0.3, 0.4) is 0 Å². The fourth-order valence-corrected chi connectivity index (χ4v) is 5.49. The molecule has 0 radical (unpaired) electrons. The number of nitrogens with two attached hydrogens (primary N) is 1.